The first-order chi connectivity index (χ1) is 21.0. The van der Waals surface area contributed by atoms with Gasteiger partial charge >= 0.3 is 0 Å². The maximum absolute atomic E-state index is 13.0. The molecular weight excluding hydrogens is 566 g/mol. The molecule has 43 heavy (non-hydrogen) atoms. The van der Waals surface area contributed by atoms with Crippen LogP contribution < -0.4 is 9.62 Å². The number of sulfonamides is 1. The van der Waals surface area contributed by atoms with E-state index < -0.39 is 16.3 Å². The van der Waals surface area contributed by atoms with Gasteiger partial charge in [0.1, 0.15) is 0 Å². The highest BCUT2D eigenvalue weighted by Gasteiger charge is 2.34. The third kappa shape index (κ3) is 7.20. The van der Waals surface area contributed by atoms with Gasteiger partial charge < -0.3 is 19.5 Å². The molecule has 2 aliphatic heterocycles. The summed E-state index contributed by atoms with van der Waals surface area (Å²) in [6.07, 6.45) is 3.14. The minimum Gasteiger partial charge on any atom is -0.392 e. The Labute approximate surface area is 252 Å². The predicted molar refractivity (Wildman–Crippen MR) is 163 cm³/mol. The number of aliphatic hydroxyl groups is 1. The number of piperazine rings is 1. The van der Waals surface area contributed by atoms with Gasteiger partial charge in [0.25, 0.3) is 10.0 Å². The van der Waals surface area contributed by atoms with E-state index in [1.165, 1.54) is 0 Å². The number of aliphatic hydroxyl groups excluding tert-OH is 1. The number of rotatable bonds is 9. The van der Waals surface area contributed by atoms with Crippen molar-refractivity contribution < 1.29 is 23.0 Å². The lowest BCUT2D eigenvalue weighted by atomic mass is 9.99. The largest absolute Gasteiger partial charge is 0.392 e. The maximum atomic E-state index is 13.0. The number of ether oxygens (including phenoxy) is 2. The second-order valence-electron chi connectivity index (χ2n) is 10.7. The molecule has 0 amide bonds. The Morgan fingerprint density at radius 1 is 0.837 bits per heavy atom. The van der Waals surface area contributed by atoms with Crippen molar-refractivity contribution in [2.75, 3.05) is 42.3 Å². The number of benzene rings is 3. The average Bonchev–Trinajstić information content (AvgIpc) is 3.06. The third-order valence-electron chi connectivity index (χ3n) is 7.75. The zero-order valence-electron chi connectivity index (χ0n) is 23.7. The molecule has 2 saturated heterocycles. The molecule has 3 atom stereocenters. The topological polar surface area (TPSA) is 117 Å². The minimum absolute atomic E-state index is 0.0220. The first-order valence-electron chi connectivity index (χ1n) is 14.4. The van der Waals surface area contributed by atoms with Crippen molar-refractivity contribution in [3.63, 3.8) is 0 Å². The second kappa shape index (κ2) is 13.2. The summed E-state index contributed by atoms with van der Waals surface area (Å²) in [6, 6.07) is 25.0. The Bertz CT molecular complexity index is 1580. The molecule has 2 aliphatic rings. The second-order valence-corrected chi connectivity index (χ2v) is 12.4. The normalized spacial score (nSPS) is 21.4. The standard InChI is InChI=1S/C32H35N5O5S/c38-23-24-10-12-25(13-11-24)30-21-28(22-36-16-18-37(19-17-36)32-33-14-5-15-34-32)41-31(42-30)26-6-4-7-27(20-26)35-43(39,40)29-8-2-1-3-9-29/h1-15,20,28,30-31,35,38H,16-19,21-23H2/t28-,30+,31?/m0/s1. The van der Waals surface area contributed by atoms with Crippen LogP contribution in [0, 0.1) is 0 Å². The fourth-order valence-corrected chi connectivity index (χ4v) is 6.54. The Kier molecular flexibility index (Phi) is 8.96. The molecule has 1 aromatic heterocycles. The molecular formula is C32H35N5O5S. The quantitative estimate of drug-likeness (QED) is 0.292. The van der Waals surface area contributed by atoms with Gasteiger partial charge in [0, 0.05) is 62.8 Å². The molecule has 4 aromatic rings. The van der Waals surface area contributed by atoms with Gasteiger partial charge in [0.15, 0.2) is 6.29 Å². The van der Waals surface area contributed by atoms with Crippen LogP contribution in [0.4, 0.5) is 11.6 Å². The van der Waals surface area contributed by atoms with E-state index in [1.54, 1.807) is 60.9 Å². The first kappa shape index (κ1) is 29.2. The van der Waals surface area contributed by atoms with Gasteiger partial charge in [-0.15, -0.1) is 0 Å². The number of hydrogen-bond donors (Lipinski definition) is 2. The van der Waals surface area contributed by atoms with E-state index in [1.807, 2.05) is 36.4 Å². The molecule has 2 fully saturated rings. The molecule has 6 rings (SSSR count). The fraction of sp³-hybridized carbons (Fsp3) is 0.312. The Morgan fingerprint density at radius 3 is 2.30 bits per heavy atom. The van der Waals surface area contributed by atoms with E-state index in [4.69, 9.17) is 9.47 Å². The molecule has 2 N–H and O–H groups in total. The molecule has 224 valence electrons. The van der Waals surface area contributed by atoms with Gasteiger partial charge in [-0.25, -0.2) is 18.4 Å². The number of aromatic nitrogens is 2. The van der Waals surface area contributed by atoms with Gasteiger partial charge in [0.2, 0.25) is 5.95 Å². The Morgan fingerprint density at radius 2 is 1.58 bits per heavy atom. The molecule has 0 saturated carbocycles. The van der Waals surface area contributed by atoms with Crippen molar-refractivity contribution in [3.8, 4) is 0 Å². The third-order valence-corrected chi connectivity index (χ3v) is 9.15. The molecule has 0 bridgehead atoms. The summed E-state index contributed by atoms with van der Waals surface area (Å²) in [5, 5.41) is 9.51. The molecule has 11 heteroatoms. The highest BCUT2D eigenvalue weighted by Crippen LogP contribution is 2.39. The summed E-state index contributed by atoms with van der Waals surface area (Å²) in [4.78, 5) is 13.5. The number of nitrogens with one attached hydrogen (secondary N) is 1. The highest BCUT2D eigenvalue weighted by atomic mass is 32.2. The number of nitrogens with zero attached hydrogens (tertiary/aromatic N) is 4. The van der Waals surface area contributed by atoms with Crippen LogP contribution in [0.2, 0.25) is 0 Å². The maximum Gasteiger partial charge on any atom is 0.261 e. The number of anilines is 2. The summed E-state index contributed by atoms with van der Waals surface area (Å²) >= 11 is 0. The van der Waals surface area contributed by atoms with Crippen LogP contribution in [-0.2, 0) is 26.1 Å². The molecule has 3 heterocycles. The van der Waals surface area contributed by atoms with E-state index in [2.05, 4.69) is 24.5 Å². The van der Waals surface area contributed by atoms with E-state index in [9.17, 15) is 13.5 Å². The van der Waals surface area contributed by atoms with E-state index in [0.717, 1.165) is 55.4 Å². The first-order valence-corrected chi connectivity index (χ1v) is 15.9. The molecule has 3 aromatic carbocycles. The van der Waals surface area contributed by atoms with Crippen molar-refractivity contribution >= 4 is 21.7 Å². The monoisotopic (exact) mass is 601 g/mol. The Balaban J connectivity index is 1.19. The van der Waals surface area contributed by atoms with Gasteiger partial charge in [-0.05, 0) is 41.5 Å². The van der Waals surface area contributed by atoms with Crippen LogP contribution in [0.3, 0.4) is 0 Å². The van der Waals surface area contributed by atoms with Gasteiger partial charge in [-0.3, -0.25) is 9.62 Å². The van der Waals surface area contributed by atoms with Gasteiger partial charge in [-0.2, -0.15) is 0 Å². The summed E-state index contributed by atoms with van der Waals surface area (Å²) in [5.74, 6) is 0.749. The fourth-order valence-electron chi connectivity index (χ4n) is 5.47. The van der Waals surface area contributed by atoms with E-state index in [0.29, 0.717) is 12.1 Å². The smallest absolute Gasteiger partial charge is 0.261 e. The lowest BCUT2D eigenvalue weighted by Crippen LogP contribution is -2.50. The summed E-state index contributed by atoms with van der Waals surface area (Å²) in [6.45, 7) is 4.08. The highest BCUT2D eigenvalue weighted by molar-refractivity contribution is 7.92. The van der Waals surface area contributed by atoms with Crippen LogP contribution >= 0.6 is 0 Å². The summed E-state index contributed by atoms with van der Waals surface area (Å²) < 4.78 is 41.6. The van der Waals surface area contributed by atoms with Gasteiger partial charge in [-0.1, -0.05) is 54.6 Å². The van der Waals surface area contributed by atoms with Crippen LogP contribution in [0.1, 0.15) is 35.5 Å². The van der Waals surface area contributed by atoms with E-state index >= 15 is 0 Å². The zero-order chi connectivity index (χ0) is 29.6. The van der Waals surface area contributed by atoms with E-state index in [-0.39, 0.29) is 23.7 Å². The van der Waals surface area contributed by atoms with Crippen molar-refractivity contribution in [2.24, 2.45) is 0 Å². The van der Waals surface area contributed by atoms with Gasteiger partial charge in [0.05, 0.1) is 23.7 Å². The SMILES string of the molecule is O=S(=O)(Nc1cccc(C2O[C@H](CN3CCN(c4ncccn4)CC3)C[C@H](c3ccc(CO)cc3)O2)c1)c1ccccc1. The molecule has 10 nitrogen and oxygen atoms in total. The lowest BCUT2D eigenvalue weighted by molar-refractivity contribution is -0.253. The van der Waals surface area contributed by atoms with Crippen LogP contribution in [0.25, 0.3) is 0 Å². The molecule has 0 spiro atoms. The summed E-state index contributed by atoms with van der Waals surface area (Å²) in [5.41, 5.74) is 2.99. The molecule has 0 radical (unpaired) electrons. The average molecular weight is 602 g/mol. The zero-order valence-corrected chi connectivity index (χ0v) is 24.5. The summed E-state index contributed by atoms with van der Waals surface area (Å²) in [7, 11) is -3.75. The lowest BCUT2D eigenvalue weighted by Gasteiger charge is -2.40. The molecule has 0 aliphatic carbocycles. The molecule has 1 unspecified atom stereocenters. The number of hydrogen-bond acceptors (Lipinski definition) is 9. The van der Waals surface area contributed by atoms with Crippen LogP contribution in [0.15, 0.2) is 102 Å². The predicted octanol–water partition coefficient (Wildman–Crippen LogP) is 4.14. The minimum atomic E-state index is -3.75. The van der Waals surface area contributed by atoms with Crippen molar-refractivity contribution in [1.82, 2.24) is 14.9 Å². The van der Waals surface area contributed by atoms with Crippen molar-refractivity contribution in [2.45, 2.75) is 36.4 Å². The Hall–Kier alpha value is -3.87. The van der Waals surface area contributed by atoms with Crippen molar-refractivity contribution in [1.29, 1.82) is 0 Å². The van der Waals surface area contributed by atoms with Crippen LogP contribution in [0.5, 0.6) is 0 Å². The van der Waals surface area contributed by atoms with Crippen molar-refractivity contribution in [3.05, 3.63) is 114 Å². The van der Waals surface area contributed by atoms with Crippen LogP contribution in [-0.4, -0.2) is 67.2 Å².